The number of aryl methyl sites for hydroxylation is 1. The van der Waals surface area contributed by atoms with Crippen molar-refractivity contribution in [2.75, 3.05) is 13.1 Å². The second-order valence-electron chi connectivity index (χ2n) is 8.61. The van der Waals surface area contributed by atoms with Gasteiger partial charge < -0.3 is 15.0 Å². The average Bonchev–Trinajstić information content (AvgIpc) is 3.39. The number of amides is 2. The maximum Gasteiger partial charge on any atom is 0.230 e. The summed E-state index contributed by atoms with van der Waals surface area (Å²) < 4.78 is 6.21. The Morgan fingerprint density at radius 2 is 1.90 bits per heavy atom. The molecule has 0 radical (unpaired) electrons. The van der Waals surface area contributed by atoms with Crippen molar-refractivity contribution >= 4 is 11.8 Å². The highest BCUT2D eigenvalue weighted by Crippen LogP contribution is 2.52. The molecule has 2 unspecified atom stereocenters. The smallest absolute Gasteiger partial charge is 0.230 e. The van der Waals surface area contributed by atoms with Crippen LogP contribution < -0.4 is 5.32 Å². The summed E-state index contributed by atoms with van der Waals surface area (Å²) >= 11 is 0. The molecule has 2 bridgehead atoms. The second kappa shape index (κ2) is 7.40. The van der Waals surface area contributed by atoms with E-state index in [1.807, 2.05) is 54.3 Å². The molecule has 3 aliphatic rings. The summed E-state index contributed by atoms with van der Waals surface area (Å²) in [7, 11) is 0. The van der Waals surface area contributed by atoms with Crippen LogP contribution in [0.4, 0.5) is 0 Å². The van der Waals surface area contributed by atoms with Gasteiger partial charge in [-0.3, -0.25) is 9.59 Å². The first-order valence-corrected chi connectivity index (χ1v) is 10.6. The molecule has 3 aliphatic heterocycles. The highest BCUT2D eigenvalue weighted by Gasteiger charge is 2.66. The molecule has 2 aromatic rings. The SMILES string of the molecule is Cc1ccc(CN2CC34C=C[C@H](O3)C(C(=O)NCCc3ccccc3)[C@H]4C2=O)cc1. The molecular weight excluding hydrogens is 376 g/mol. The number of carbonyl (C=O) groups excluding carboxylic acids is 2. The molecule has 2 aromatic carbocycles. The standard InChI is InChI=1S/C25H26N2O3/c1-17-7-9-19(10-8-17)15-27-16-25-13-11-20(30-25)21(22(25)24(27)29)23(28)26-14-12-18-5-3-2-4-6-18/h2-11,13,20-22H,12,14-16H2,1H3,(H,26,28)/t20-,21?,22-,25?/m0/s1. The van der Waals surface area contributed by atoms with Gasteiger partial charge >= 0.3 is 0 Å². The highest BCUT2D eigenvalue weighted by molar-refractivity contribution is 5.93. The van der Waals surface area contributed by atoms with Crippen molar-refractivity contribution in [3.63, 3.8) is 0 Å². The summed E-state index contributed by atoms with van der Waals surface area (Å²) in [6, 6.07) is 18.3. The maximum atomic E-state index is 13.3. The molecule has 30 heavy (non-hydrogen) atoms. The molecule has 4 atom stereocenters. The lowest BCUT2D eigenvalue weighted by molar-refractivity contribution is -0.137. The fourth-order valence-corrected chi connectivity index (χ4v) is 5.02. The third-order valence-corrected chi connectivity index (χ3v) is 6.53. The third kappa shape index (κ3) is 3.23. The van der Waals surface area contributed by atoms with Crippen molar-refractivity contribution in [2.24, 2.45) is 11.8 Å². The van der Waals surface area contributed by atoms with Crippen LogP contribution in [-0.4, -0.2) is 41.5 Å². The number of carbonyl (C=O) groups is 2. The Morgan fingerprint density at radius 3 is 2.67 bits per heavy atom. The Hall–Kier alpha value is -2.92. The van der Waals surface area contributed by atoms with Crippen LogP contribution in [0.5, 0.6) is 0 Å². The van der Waals surface area contributed by atoms with E-state index >= 15 is 0 Å². The van der Waals surface area contributed by atoms with Crippen LogP contribution in [0.1, 0.15) is 16.7 Å². The van der Waals surface area contributed by atoms with Crippen molar-refractivity contribution in [3.05, 3.63) is 83.4 Å². The van der Waals surface area contributed by atoms with E-state index in [0.29, 0.717) is 19.6 Å². The zero-order valence-electron chi connectivity index (χ0n) is 17.1. The van der Waals surface area contributed by atoms with E-state index in [-0.39, 0.29) is 17.9 Å². The van der Waals surface area contributed by atoms with E-state index < -0.39 is 17.4 Å². The molecule has 2 saturated heterocycles. The lowest BCUT2D eigenvalue weighted by Gasteiger charge is -2.23. The van der Waals surface area contributed by atoms with Crippen LogP contribution in [-0.2, 0) is 27.3 Å². The van der Waals surface area contributed by atoms with Crippen molar-refractivity contribution < 1.29 is 14.3 Å². The molecule has 0 saturated carbocycles. The fourth-order valence-electron chi connectivity index (χ4n) is 5.02. The van der Waals surface area contributed by atoms with Crippen molar-refractivity contribution in [1.82, 2.24) is 10.2 Å². The van der Waals surface area contributed by atoms with Crippen LogP contribution in [0.25, 0.3) is 0 Å². The summed E-state index contributed by atoms with van der Waals surface area (Å²) in [5.41, 5.74) is 2.81. The Balaban J connectivity index is 1.27. The fraction of sp³-hybridized carbons (Fsp3) is 0.360. The molecule has 2 amide bonds. The number of hydrogen-bond donors (Lipinski definition) is 1. The molecule has 0 aliphatic carbocycles. The van der Waals surface area contributed by atoms with Crippen molar-refractivity contribution in [3.8, 4) is 0 Å². The first-order chi connectivity index (χ1) is 14.6. The number of ether oxygens (including phenoxy) is 1. The molecule has 0 aromatic heterocycles. The number of likely N-dealkylation sites (tertiary alicyclic amines) is 1. The van der Waals surface area contributed by atoms with E-state index in [4.69, 9.17) is 4.74 Å². The van der Waals surface area contributed by atoms with Gasteiger partial charge in [0.2, 0.25) is 11.8 Å². The minimum absolute atomic E-state index is 0.0191. The van der Waals surface area contributed by atoms with E-state index in [0.717, 1.165) is 12.0 Å². The predicted molar refractivity (Wildman–Crippen MR) is 113 cm³/mol. The van der Waals surface area contributed by atoms with Gasteiger partial charge in [0, 0.05) is 13.1 Å². The Labute approximate surface area is 176 Å². The normalized spacial score (nSPS) is 28.8. The van der Waals surface area contributed by atoms with E-state index in [9.17, 15) is 9.59 Å². The highest BCUT2D eigenvalue weighted by atomic mass is 16.5. The predicted octanol–water partition coefficient (Wildman–Crippen LogP) is 2.64. The van der Waals surface area contributed by atoms with Gasteiger partial charge in [0.15, 0.2) is 0 Å². The van der Waals surface area contributed by atoms with E-state index in [1.54, 1.807) is 0 Å². The number of benzene rings is 2. The lowest BCUT2D eigenvalue weighted by atomic mass is 9.77. The summed E-state index contributed by atoms with van der Waals surface area (Å²) in [6.07, 6.45) is 4.42. The number of nitrogens with one attached hydrogen (secondary N) is 1. The third-order valence-electron chi connectivity index (χ3n) is 6.53. The Bertz CT molecular complexity index is 985. The number of fused-ring (bicyclic) bond motifs is 1. The minimum Gasteiger partial charge on any atom is -0.360 e. The van der Waals surface area contributed by atoms with Crippen LogP contribution in [0.2, 0.25) is 0 Å². The van der Waals surface area contributed by atoms with Gasteiger partial charge in [-0.05, 0) is 24.5 Å². The van der Waals surface area contributed by atoms with E-state index in [2.05, 4.69) is 29.6 Å². The maximum absolute atomic E-state index is 13.3. The van der Waals surface area contributed by atoms with Crippen molar-refractivity contribution in [2.45, 2.75) is 31.6 Å². The van der Waals surface area contributed by atoms with Gasteiger partial charge in [-0.2, -0.15) is 0 Å². The quantitative estimate of drug-likeness (QED) is 0.756. The number of nitrogens with zero attached hydrogens (tertiary/aromatic N) is 1. The van der Waals surface area contributed by atoms with Gasteiger partial charge in [0.05, 0.1) is 24.5 Å². The van der Waals surface area contributed by atoms with Gasteiger partial charge in [-0.15, -0.1) is 0 Å². The zero-order valence-corrected chi connectivity index (χ0v) is 17.1. The molecule has 5 heteroatoms. The average molecular weight is 402 g/mol. The van der Waals surface area contributed by atoms with Gasteiger partial charge in [0.1, 0.15) is 5.60 Å². The molecule has 5 rings (SSSR count). The molecular formula is C25H26N2O3. The van der Waals surface area contributed by atoms with Gasteiger partial charge in [0.25, 0.3) is 0 Å². The Morgan fingerprint density at radius 1 is 1.13 bits per heavy atom. The zero-order chi connectivity index (χ0) is 20.7. The first kappa shape index (κ1) is 19.1. The monoisotopic (exact) mass is 402 g/mol. The van der Waals surface area contributed by atoms with Crippen molar-refractivity contribution in [1.29, 1.82) is 0 Å². The summed E-state index contributed by atoms with van der Waals surface area (Å²) in [5, 5.41) is 3.03. The molecule has 1 N–H and O–H groups in total. The molecule has 2 fully saturated rings. The molecule has 154 valence electrons. The molecule has 1 spiro atoms. The largest absolute Gasteiger partial charge is 0.360 e. The molecule has 3 heterocycles. The molecule has 5 nitrogen and oxygen atoms in total. The summed E-state index contributed by atoms with van der Waals surface area (Å²) in [4.78, 5) is 28.1. The Kier molecular flexibility index (Phi) is 4.70. The topological polar surface area (TPSA) is 58.6 Å². The second-order valence-corrected chi connectivity index (χ2v) is 8.61. The number of hydrogen-bond acceptors (Lipinski definition) is 3. The minimum atomic E-state index is -0.659. The van der Waals surface area contributed by atoms with E-state index in [1.165, 1.54) is 11.1 Å². The van der Waals surface area contributed by atoms with Gasteiger partial charge in [-0.25, -0.2) is 0 Å². The first-order valence-electron chi connectivity index (χ1n) is 10.6. The van der Waals surface area contributed by atoms with Crippen LogP contribution in [0.3, 0.4) is 0 Å². The summed E-state index contributed by atoms with van der Waals surface area (Å²) in [6.45, 7) is 3.65. The van der Waals surface area contributed by atoms with Crippen LogP contribution in [0.15, 0.2) is 66.7 Å². The number of rotatable bonds is 6. The lowest BCUT2D eigenvalue weighted by Crippen LogP contribution is -2.44. The summed E-state index contributed by atoms with van der Waals surface area (Å²) in [5.74, 6) is -0.959. The van der Waals surface area contributed by atoms with Crippen LogP contribution >= 0.6 is 0 Å². The van der Waals surface area contributed by atoms with Gasteiger partial charge in [-0.1, -0.05) is 72.3 Å². The van der Waals surface area contributed by atoms with Crippen LogP contribution in [0, 0.1) is 18.8 Å².